The predicted molar refractivity (Wildman–Crippen MR) is 71.2 cm³/mol. The topological polar surface area (TPSA) is 27.0 Å². The minimum Gasteiger partial charge on any atom is -0.370 e. The molecule has 0 unspecified atom stereocenters. The van der Waals surface area contributed by atoms with E-state index in [1.165, 1.54) is 37.7 Å². The van der Waals surface area contributed by atoms with Crippen molar-refractivity contribution in [3.05, 3.63) is 29.3 Å². The molecule has 90 valence electrons. The highest BCUT2D eigenvalue weighted by Crippen LogP contribution is 2.24. The van der Waals surface area contributed by atoms with Gasteiger partial charge < -0.3 is 4.90 Å². The number of aryl methyl sites for hydroxylation is 1. The summed E-state index contributed by atoms with van der Waals surface area (Å²) >= 11 is 0. The molecule has 0 aliphatic carbocycles. The van der Waals surface area contributed by atoms with Crippen molar-refractivity contribution in [2.75, 3.05) is 18.0 Å². The van der Waals surface area contributed by atoms with Crippen molar-refractivity contribution in [3.8, 4) is 6.07 Å². The Morgan fingerprint density at radius 1 is 1.06 bits per heavy atom. The molecule has 1 aromatic rings. The molecule has 0 bridgehead atoms. The number of rotatable bonds is 1. The maximum atomic E-state index is 9.19. The summed E-state index contributed by atoms with van der Waals surface area (Å²) < 4.78 is 0. The first-order valence-electron chi connectivity index (χ1n) is 6.57. The van der Waals surface area contributed by atoms with Gasteiger partial charge in [-0.1, -0.05) is 25.3 Å². The second kappa shape index (κ2) is 5.72. The molecule has 1 aliphatic rings. The Morgan fingerprint density at radius 2 is 1.71 bits per heavy atom. The first-order valence-corrected chi connectivity index (χ1v) is 6.57. The van der Waals surface area contributed by atoms with E-state index in [9.17, 15) is 5.26 Å². The van der Waals surface area contributed by atoms with Gasteiger partial charge in [-0.25, -0.2) is 0 Å². The summed E-state index contributed by atoms with van der Waals surface area (Å²) in [6.45, 7) is 4.28. The third kappa shape index (κ3) is 3.00. The van der Waals surface area contributed by atoms with E-state index in [1.54, 1.807) is 0 Å². The van der Waals surface area contributed by atoms with Crippen molar-refractivity contribution in [1.29, 1.82) is 5.26 Å². The van der Waals surface area contributed by atoms with Gasteiger partial charge in [-0.3, -0.25) is 0 Å². The van der Waals surface area contributed by atoms with E-state index in [0.717, 1.165) is 24.3 Å². The standard InChI is InChI=1S/C15H20N2/c1-13-7-8-14(12-16)15(11-13)17-9-5-3-2-4-6-10-17/h7-8,11H,2-6,9-10H2,1H3. The number of hydrogen-bond acceptors (Lipinski definition) is 2. The molecule has 0 amide bonds. The van der Waals surface area contributed by atoms with Crippen LogP contribution < -0.4 is 4.90 Å². The van der Waals surface area contributed by atoms with Crippen LogP contribution in [-0.4, -0.2) is 13.1 Å². The van der Waals surface area contributed by atoms with Crippen LogP contribution in [0.3, 0.4) is 0 Å². The highest BCUT2D eigenvalue weighted by atomic mass is 15.1. The molecule has 0 spiro atoms. The molecular formula is C15H20N2. The minimum absolute atomic E-state index is 0.816. The van der Waals surface area contributed by atoms with Crippen molar-refractivity contribution in [1.82, 2.24) is 0 Å². The Balaban J connectivity index is 2.24. The Kier molecular flexibility index (Phi) is 4.03. The van der Waals surface area contributed by atoms with Crippen LogP contribution in [0.5, 0.6) is 0 Å². The molecule has 1 fully saturated rings. The van der Waals surface area contributed by atoms with E-state index >= 15 is 0 Å². The van der Waals surface area contributed by atoms with Gasteiger partial charge >= 0.3 is 0 Å². The van der Waals surface area contributed by atoms with Gasteiger partial charge in [0.25, 0.3) is 0 Å². The Morgan fingerprint density at radius 3 is 2.35 bits per heavy atom. The van der Waals surface area contributed by atoms with E-state index in [1.807, 2.05) is 12.1 Å². The SMILES string of the molecule is Cc1ccc(C#N)c(N2CCCCCCC2)c1. The van der Waals surface area contributed by atoms with Crippen LogP contribution in [0.2, 0.25) is 0 Å². The molecule has 1 heterocycles. The van der Waals surface area contributed by atoms with Gasteiger partial charge in [-0.2, -0.15) is 5.26 Å². The fraction of sp³-hybridized carbons (Fsp3) is 0.533. The number of nitriles is 1. The van der Waals surface area contributed by atoms with E-state index < -0.39 is 0 Å². The highest BCUT2D eigenvalue weighted by Gasteiger charge is 2.12. The van der Waals surface area contributed by atoms with Crippen LogP contribution in [0.1, 0.15) is 43.2 Å². The van der Waals surface area contributed by atoms with Crippen LogP contribution in [0.4, 0.5) is 5.69 Å². The molecule has 0 saturated carbocycles. The Labute approximate surface area is 104 Å². The monoisotopic (exact) mass is 228 g/mol. The molecule has 1 saturated heterocycles. The number of hydrogen-bond donors (Lipinski definition) is 0. The molecule has 17 heavy (non-hydrogen) atoms. The quantitative estimate of drug-likeness (QED) is 0.733. The van der Waals surface area contributed by atoms with Crippen molar-refractivity contribution >= 4 is 5.69 Å². The summed E-state index contributed by atoms with van der Waals surface area (Å²) in [4.78, 5) is 2.39. The molecule has 1 aliphatic heterocycles. The van der Waals surface area contributed by atoms with Crippen molar-refractivity contribution in [2.45, 2.75) is 39.0 Å². The number of nitrogens with zero attached hydrogens (tertiary/aromatic N) is 2. The summed E-state index contributed by atoms with van der Waals surface area (Å²) in [5.41, 5.74) is 3.19. The van der Waals surface area contributed by atoms with Crippen LogP contribution in [0.25, 0.3) is 0 Å². The maximum absolute atomic E-state index is 9.19. The molecular weight excluding hydrogens is 208 g/mol. The molecule has 0 atom stereocenters. The average Bonchev–Trinajstić information content (AvgIpc) is 2.28. The van der Waals surface area contributed by atoms with Gasteiger partial charge in [0.05, 0.1) is 11.3 Å². The molecule has 1 aromatic carbocycles. The van der Waals surface area contributed by atoms with E-state index in [0.29, 0.717) is 0 Å². The van der Waals surface area contributed by atoms with E-state index in [-0.39, 0.29) is 0 Å². The third-order valence-corrected chi connectivity index (χ3v) is 3.47. The average molecular weight is 228 g/mol. The Bertz CT molecular complexity index is 409. The van der Waals surface area contributed by atoms with Crippen LogP contribution in [0.15, 0.2) is 18.2 Å². The predicted octanol–water partition coefficient (Wildman–Crippen LogP) is 3.64. The third-order valence-electron chi connectivity index (χ3n) is 3.47. The fourth-order valence-electron chi connectivity index (χ4n) is 2.49. The van der Waals surface area contributed by atoms with Crippen LogP contribution in [0, 0.1) is 18.3 Å². The Hall–Kier alpha value is -1.49. The lowest BCUT2D eigenvalue weighted by atomic mass is 10.1. The summed E-state index contributed by atoms with van der Waals surface area (Å²) in [6, 6.07) is 8.44. The second-order valence-electron chi connectivity index (χ2n) is 4.89. The fourth-order valence-corrected chi connectivity index (χ4v) is 2.49. The molecule has 2 rings (SSSR count). The van der Waals surface area contributed by atoms with E-state index in [2.05, 4.69) is 24.0 Å². The van der Waals surface area contributed by atoms with Crippen LogP contribution in [-0.2, 0) is 0 Å². The lowest BCUT2D eigenvalue weighted by molar-refractivity contribution is 0.556. The summed E-state index contributed by atoms with van der Waals surface area (Å²) in [5, 5.41) is 9.19. The van der Waals surface area contributed by atoms with E-state index in [4.69, 9.17) is 0 Å². The van der Waals surface area contributed by atoms with Gasteiger partial charge in [0, 0.05) is 13.1 Å². The van der Waals surface area contributed by atoms with Gasteiger partial charge in [0.1, 0.15) is 6.07 Å². The molecule has 0 radical (unpaired) electrons. The van der Waals surface area contributed by atoms with Crippen molar-refractivity contribution in [3.63, 3.8) is 0 Å². The van der Waals surface area contributed by atoms with Crippen LogP contribution >= 0.6 is 0 Å². The summed E-state index contributed by atoms with van der Waals surface area (Å²) in [6.07, 6.45) is 6.51. The first kappa shape index (κ1) is 12.0. The smallest absolute Gasteiger partial charge is 0.101 e. The summed E-state index contributed by atoms with van der Waals surface area (Å²) in [5.74, 6) is 0. The molecule has 2 nitrogen and oxygen atoms in total. The minimum atomic E-state index is 0.816. The lowest BCUT2D eigenvalue weighted by Gasteiger charge is -2.28. The molecule has 0 aromatic heterocycles. The number of benzene rings is 1. The molecule has 2 heteroatoms. The summed E-state index contributed by atoms with van der Waals surface area (Å²) in [7, 11) is 0. The maximum Gasteiger partial charge on any atom is 0.101 e. The second-order valence-corrected chi connectivity index (χ2v) is 4.89. The zero-order valence-corrected chi connectivity index (χ0v) is 10.6. The molecule has 0 N–H and O–H groups in total. The van der Waals surface area contributed by atoms with Gasteiger partial charge in [0.15, 0.2) is 0 Å². The van der Waals surface area contributed by atoms with Crippen molar-refractivity contribution < 1.29 is 0 Å². The zero-order valence-electron chi connectivity index (χ0n) is 10.6. The normalized spacial score (nSPS) is 17.1. The zero-order chi connectivity index (χ0) is 12.1. The lowest BCUT2D eigenvalue weighted by Crippen LogP contribution is -2.27. The van der Waals surface area contributed by atoms with Crippen molar-refractivity contribution in [2.24, 2.45) is 0 Å². The number of anilines is 1. The van der Waals surface area contributed by atoms with Gasteiger partial charge in [-0.05, 0) is 37.5 Å². The van der Waals surface area contributed by atoms with Gasteiger partial charge in [0.2, 0.25) is 0 Å². The first-order chi connectivity index (χ1) is 8.31. The van der Waals surface area contributed by atoms with Gasteiger partial charge in [-0.15, -0.1) is 0 Å². The largest absolute Gasteiger partial charge is 0.370 e. The highest BCUT2D eigenvalue weighted by molar-refractivity contribution is 5.60.